The van der Waals surface area contributed by atoms with Crippen molar-refractivity contribution in [1.82, 2.24) is 15.5 Å². The lowest BCUT2D eigenvalue weighted by atomic mass is 9.94. The van der Waals surface area contributed by atoms with Gasteiger partial charge in [0, 0.05) is 36.7 Å². The zero-order chi connectivity index (χ0) is 18.8. The number of rotatable bonds is 5. The molecule has 8 heteroatoms. The number of anilines is 1. The fourth-order valence-corrected chi connectivity index (χ4v) is 3.61. The van der Waals surface area contributed by atoms with Crippen molar-refractivity contribution in [2.75, 3.05) is 18.0 Å². The van der Waals surface area contributed by atoms with E-state index in [0.29, 0.717) is 29.6 Å². The predicted octanol–water partition coefficient (Wildman–Crippen LogP) is 3.70. The van der Waals surface area contributed by atoms with Crippen molar-refractivity contribution < 1.29 is 13.7 Å². The van der Waals surface area contributed by atoms with E-state index in [2.05, 4.69) is 20.4 Å². The van der Waals surface area contributed by atoms with E-state index in [1.165, 1.54) is 0 Å². The number of aromatic nitrogens is 2. The summed E-state index contributed by atoms with van der Waals surface area (Å²) in [5.74, 6) is 1.02. The second-order valence-corrected chi connectivity index (χ2v) is 7.41. The third-order valence-corrected chi connectivity index (χ3v) is 4.98. The molecule has 1 fully saturated rings. The van der Waals surface area contributed by atoms with Crippen LogP contribution < -0.4 is 10.2 Å². The van der Waals surface area contributed by atoms with E-state index in [4.69, 9.17) is 20.5 Å². The third-order valence-electron chi connectivity index (χ3n) is 4.75. The van der Waals surface area contributed by atoms with Crippen LogP contribution in [0.5, 0.6) is 0 Å². The van der Waals surface area contributed by atoms with Crippen molar-refractivity contribution >= 4 is 34.6 Å². The summed E-state index contributed by atoms with van der Waals surface area (Å²) in [6, 6.07) is 7.84. The van der Waals surface area contributed by atoms with Gasteiger partial charge in [-0.1, -0.05) is 16.8 Å². The van der Waals surface area contributed by atoms with Crippen LogP contribution in [-0.2, 0) is 11.3 Å². The number of carbonyl (C=O) groups excluding carboxylic acids is 1. The fraction of sp³-hybridized carbons (Fsp3) is 0.421. The quantitative estimate of drug-likeness (QED) is 0.717. The molecule has 142 valence electrons. The molecular formula is C19H21ClN4O3. The summed E-state index contributed by atoms with van der Waals surface area (Å²) in [6.07, 6.45) is 2.48. The number of oxazole rings is 1. The molecule has 0 aliphatic carbocycles. The number of nitrogens with zero attached hydrogens (tertiary/aromatic N) is 3. The molecule has 0 saturated carbocycles. The highest BCUT2D eigenvalue weighted by atomic mass is 35.5. The van der Waals surface area contributed by atoms with Gasteiger partial charge in [0.25, 0.3) is 6.01 Å². The van der Waals surface area contributed by atoms with Crippen LogP contribution in [0.1, 0.15) is 30.7 Å². The average Bonchev–Trinajstić information content (AvgIpc) is 3.26. The Hall–Kier alpha value is -2.54. The van der Waals surface area contributed by atoms with Crippen LogP contribution in [0.2, 0.25) is 5.02 Å². The van der Waals surface area contributed by atoms with E-state index in [9.17, 15) is 4.79 Å². The lowest BCUT2D eigenvalue weighted by Crippen LogP contribution is -2.38. The van der Waals surface area contributed by atoms with Crippen LogP contribution in [0.25, 0.3) is 11.1 Å². The largest absolute Gasteiger partial charge is 0.423 e. The number of benzene rings is 1. The number of aryl methyl sites for hydroxylation is 1. The summed E-state index contributed by atoms with van der Waals surface area (Å²) in [7, 11) is 0. The molecule has 1 atom stereocenters. The minimum absolute atomic E-state index is 0.0202. The predicted molar refractivity (Wildman–Crippen MR) is 102 cm³/mol. The fourth-order valence-electron chi connectivity index (χ4n) is 3.45. The Morgan fingerprint density at radius 2 is 2.30 bits per heavy atom. The van der Waals surface area contributed by atoms with Gasteiger partial charge < -0.3 is 19.2 Å². The number of carbonyl (C=O) groups is 1. The van der Waals surface area contributed by atoms with Crippen molar-refractivity contribution in [1.29, 1.82) is 0 Å². The van der Waals surface area contributed by atoms with Gasteiger partial charge in [0.15, 0.2) is 5.58 Å². The van der Waals surface area contributed by atoms with E-state index in [0.717, 1.165) is 42.9 Å². The molecule has 0 bridgehead atoms. The first-order valence-corrected chi connectivity index (χ1v) is 9.44. The Morgan fingerprint density at radius 3 is 3.11 bits per heavy atom. The summed E-state index contributed by atoms with van der Waals surface area (Å²) in [4.78, 5) is 18.9. The van der Waals surface area contributed by atoms with Crippen LogP contribution in [-0.4, -0.2) is 29.1 Å². The zero-order valence-corrected chi connectivity index (χ0v) is 15.8. The minimum atomic E-state index is 0.0202. The second-order valence-electron chi connectivity index (χ2n) is 6.97. The number of amides is 1. The SMILES string of the molecule is Cc1cc(CNC(=O)CC2CCCN(c3nc4ccc(Cl)cc4o3)C2)no1. The summed E-state index contributed by atoms with van der Waals surface area (Å²) < 4.78 is 10.9. The van der Waals surface area contributed by atoms with E-state index in [1.807, 2.05) is 19.1 Å². The molecule has 2 aromatic heterocycles. The van der Waals surface area contributed by atoms with Crippen molar-refractivity contribution in [3.63, 3.8) is 0 Å². The van der Waals surface area contributed by atoms with Gasteiger partial charge in [-0.15, -0.1) is 0 Å². The molecule has 4 rings (SSSR count). The molecule has 1 aromatic carbocycles. The average molecular weight is 389 g/mol. The molecule has 1 aliphatic rings. The molecule has 27 heavy (non-hydrogen) atoms. The van der Waals surface area contributed by atoms with Crippen LogP contribution in [0.15, 0.2) is 33.2 Å². The van der Waals surface area contributed by atoms with Crippen LogP contribution in [0.3, 0.4) is 0 Å². The van der Waals surface area contributed by atoms with Gasteiger partial charge in [-0.05, 0) is 37.8 Å². The minimum Gasteiger partial charge on any atom is -0.423 e. The van der Waals surface area contributed by atoms with E-state index in [1.54, 1.807) is 12.1 Å². The van der Waals surface area contributed by atoms with Crippen molar-refractivity contribution in [3.05, 3.63) is 40.7 Å². The lowest BCUT2D eigenvalue weighted by Gasteiger charge is -2.31. The number of nitrogens with one attached hydrogen (secondary N) is 1. The molecule has 3 aromatic rings. The number of hydrogen-bond donors (Lipinski definition) is 1. The number of hydrogen-bond acceptors (Lipinski definition) is 6. The molecular weight excluding hydrogens is 368 g/mol. The Kier molecular flexibility index (Phi) is 5.03. The summed E-state index contributed by atoms with van der Waals surface area (Å²) in [6.45, 7) is 3.83. The van der Waals surface area contributed by atoms with Crippen molar-refractivity contribution in [2.24, 2.45) is 5.92 Å². The normalized spacial score (nSPS) is 17.4. The maximum atomic E-state index is 12.3. The zero-order valence-electron chi connectivity index (χ0n) is 15.1. The highest BCUT2D eigenvalue weighted by Crippen LogP contribution is 2.28. The Labute approximate surface area is 161 Å². The first kappa shape index (κ1) is 17.9. The van der Waals surface area contributed by atoms with Crippen LogP contribution in [0.4, 0.5) is 6.01 Å². The Bertz CT molecular complexity index is 951. The van der Waals surface area contributed by atoms with Gasteiger partial charge >= 0.3 is 0 Å². The van der Waals surface area contributed by atoms with Gasteiger partial charge in [0.2, 0.25) is 5.91 Å². The van der Waals surface area contributed by atoms with Gasteiger partial charge in [0.1, 0.15) is 17.0 Å². The first-order valence-electron chi connectivity index (χ1n) is 9.07. The molecule has 7 nitrogen and oxygen atoms in total. The Balaban J connectivity index is 1.35. The van der Waals surface area contributed by atoms with Crippen molar-refractivity contribution in [3.8, 4) is 0 Å². The van der Waals surface area contributed by atoms with Gasteiger partial charge in [-0.3, -0.25) is 4.79 Å². The first-order chi connectivity index (χ1) is 13.1. The molecule has 3 heterocycles. The molecule has 1 unspecified atom stereocenters. The number of piperidine rings is 1. The maximum absolute atomic E-state index is 12.3. The standard InChI is InChI=1S/C19H21ClN4O3/c1-12-7-15(23-27-12)10-21-18(25)8-13-3-2-6-24(11-13)19-22-16-5-4-14(20)9-17(16)26-19/h4-5,7,9,13H,2-3,6,8,10-11H2,1H3,(H,21,25). The number of halogens is 1. The third kappa shape index (κ3) is 4.24. The topological polar surface area (TPSA) is 84.4 Å². The van der Waals surface area contributed by atoms with Crippen LogP contribution >= 0.6 is 11.6 Å². The summed E-state index contributed by atoms with van der Waals surface area (Å²) >= 11 is 6.01. The molecule has 0 radical (unpaired) electrons. The molecule has 0 spiro atoms. The van der Waals surface area contributed by atoms with Gasteiger partial charge in [0.05, 0.1) is 6.54 Å². The van der Waals surface area contributed by atoms with E-state index in [-0.39, 0.29) is 11.8 Å². The smallest absolute Gasteiger partial charge is 0.298 e. The molecule has 1 N–H and O–H groups in total. The van der Waals surface area contributed by atoms with Crippen molar-refractivity contribution in [2.45, 2.75) is 32.7 Å². The van der Waals surface area contributed by atoms with Gasteiger partial charge in [-0.25, -0.2) is 0 Å². The lowest BCUT2D eigenvalue weighted by molar-refractivity contribution is -0.122. The van der Waals surface area contributed by atoms with Gasteiger partial charge in [-0.2, -0.15) is 4.98 Å². The maximum Gasteiger partial charge on any atom is 0.298 e. The highest BCUT2D eigenvalue weighted by Gasteiger charge is 2.25. The number of fused-ring (bicyclic) bond motifs is 1. The molecule has 1 amide bonds. The Morgan fingerprint density at radius 1 is 1.41 bits per heavy atom. The summed E-state index contributed by atoms with van der Waals surface area (Å²) in [5, 5.41) is 7.42. The second kappa shape index (κ2) is 7.60. The summed E-state index contributed by atoms with van der Waals surface area (Å²) in [5.41, 5.74) is 2.20. The molecule has 1 aliphatic heterocycles. The highest BCUT2D eigenvalue weighted by molar-refractivity contribution is 6.31. The molecule has 1 saturated heterocycles. The van der Waals surface area contributed by atoms with E-state index >= 15 is 0 Å². The van der Waals surface area contributed by atoms with Crippen LogP contribution in [0, 0.1) is 12.8 Å². The monoisotopic (exact) mass is 388 g/mol. The van der Waals surface area contributed by atoms with E-state index < -0.39 is 0 Å².